The van der Waals surface area contributed by atoms with Crippen molar-refractivity contribution in [2.75, 3.05) is 31.1 Å². The maximum Gasteiger partial charge on any atom is 0.227 e. The van der Waals surface area contributed by atoms with Gasteiger partial charge in [0.15, 0.2) is 0 Å². The normalized spacial score (nSPS) is 17.9. The minimum absolute atomic E-state index is 0.427. The van der Waals surface area contributed by atoms with E-state index in [4.69, 9.17) is 0 Å². The van der Waals surface area contributed by atoms with E-state index in [1.54, 1.807) is 0 Å². The highest BCUT2D eigenvalue weighted by Gasteiger charge is 2.18. The summed E-state index contributed by atoms with van der Waals surface area (Å²) in [5, 5.41) is 12.0. The van der Waals surface area contributed by atoms with Crippen LogP contribution in [-0.4, -0.2) is 40.9 Å². The first-order valence-electron chi connectivity index (χ1n) is 6.05. The van der Waals surface area contributed by atoms with Crippen LogP contribution in [0.2, 0.25) is 0 Å². The summed E-state index contributed by atoms with van der Waals surface area (Å²) in [4.78, 5) is 2.32. The van der Waals surface area contributed by atoms with Gasteiger partial charge in [0, 0.05) is 32.6 Å². The lowest BCUT2D eigenvalue weighted by atomic mass is 10.2. The summed E-state index contributed by atoms with van der Waals surface area (Å²) in [6.07, 6.45) is 1.17. The van der Waals surface area contributed by atoms with E-state index in [2.05, 4.69) is 45.9 Å². The Balaban J connectivity index is 2.19. The second-order valence-electron chi connectivity index (χ2n) is 4.66. The first kappa shape index (κ1) is 11.4. The Morgan fingerprint density at radius 2 is 2.00 bits per heavy atom. The van der Waals surface area contributed by atoms with Crippen molar-refractivity contribution in [3.8, 4) is 0 Å². The molecule has 0 aromatic carbocycles. The van der Waals surface area contributed by atoms with Crippen LogP contribution in [0.4, 0.5) is 5.95 Å². The molecule has 1 N–H and O–H groups in total. The quantitative estimate of drug-likeness (QED) is 0.803. The first-order valence-corrected chi connectivity index (χ1v) is 6.05. The highest BCUT2D eigenvalue weighted by molar-refractivity contribution is 5.31. The van der Waals surface area contributed by atoms with Crippen LogP contribution in [0.3, 0.4) is 0 Å². The maximum atomic E-state index is 4.31. The van der Waals surface area contributed by atoms with E-state index < -0.39 is 0 Å². The lowest BCUT2D eigenvalue weighted by Crippen LogP contribution is -2.30. The van der Waals surface area contributed by atoms with Crippen LogP contribution in [0.15, 0.2) is 0 Å². The van der Waals surface area contributed by atoms with Gasteiger partial charge >= 0.3 is 0 Å². The molecule has 0 amide bonds. The lowest BCUT2D eigenvalue weighted by molar-refractivity contribution is 0.690. The van der Waals surface area contributed by atoms with Gasteiger partial charge in [-0.25, -0.2) is 0 Å². The van der Waals surface area contributed by atoms with Gasteiger partial charge in [-0.2, -0.15) is 0 Å². The first-order chi connectivity index (χ1) is 7.70. The van der Waals surface area contributed by atoms with Crippen LogP contribution < -0.4 is 10.2 Å². The zero-order valence-corrected chi connectivity index (χ0v) is 10.4. The summed E-state index contributed by atoms with van der Waals surface area (Å²) in [5.41, 5.74) is 0. The molecule has 0 saturated carbocycles. The predicted molar refractivity (Wildman–Crippen MR) is 64.8 cm³/mol. The van der Waals surface area contributed by atoms with E-state index in [0.717, 1.165) is 38.0 Å². The number of anilines is 1. The van der Waals surface area contributed by atoms with Crippen molar-refractivity contribution in [2.45, 2.75) is 26.2 Å². The van der Waals surface area contributed by atoms with Gasteiger partial charge in [0.1, 0.15) is 5.82 Å². The van der Waals surface area contributed by atoms with Gasteiger partial charge in [-0.15, -0.1) is 10.2 Å². The minimum Gasteiger partial charge on any atom is -0.340 e. The van der Waals surface area contributed by atoms with E-state index in [0.29, 0.717) is 5.92 Å². The summed E-state index contributed by atoms with van der Waals surface area (Å²) < 4.78 is 2.12. The summed E-state index contributed by atoms with van der Waals surface area (Å²) in [6, 6.07) is 0. The lowest BCUT2D eigenvalue weighted by Gasteiger charge is -2.20. The van der Waals surface area contributed by atoms with Gasteiger partial charge in [0.2, 0.25) is 5.95 Å². The van der Waals surface area contributed by atoms with Crippen LogP contribution in [0, 0.1) is 0 Å². The van der Waals surface area contributed by atoms with E-state index in [1.165, 1.54) is 6.42 Å². The molecule has 2 rings (SSSR count). The van der Waals surface area contributed by atoms with E-state index in [9.17, 15) is 0 Å². The summed E-state index contributed by atoms with van der Waals surface area (Å²) in [5.74, 6) is 2.50. The van der Waals surface area contributed by atoms with Crippen LogP contribution in [0.1, 0.15) is 32.0 Å². The van der Waals surface area contributed by atoms with Crippen molar-refractivity contribution in [3.05, 3.63) is 5.82 Å². The molecule has 0 radical (unpaired) electrons. The maximum absolute atomic E-state index is 4.31. The van der Waals surface area contributed by atoms with Crippen LogP contribution in [0.25, 0.3) is 0 Å². The minimum atomic E-state index is 0.427. The molecule has 1 aromatic heterocycles. The van der Waals surface area contributed by atoms with Crippen molar-refractivity contribution in [2.24, 2.45) is 7.05 Å². The average Bonchev–Trinajstić information content (AvgIpc) is 2.50. The van der Waals surface area contributed by atoms with E-state index in [1.807, 2.05) is 0 Å². The molecule has 0 aliphatic carbocycles. The van der Waals surface area contributed by atoms with Gasteiger partial charge in [-0.05, 0) is 13.0 Å². The Morgan fingerprint density at radius 3 is 2.69 bits per heavy atom. The number of aromatic nitrogens is 3. The third-order valence-corrected chi connectivity index (χ3v) is 3.02. The molecule has 90 valence electrons. The predicted octanol–water partition coefficient (Wildman–Crippen LogP) is 0.738. The van der Waals surface area contributed by atoms with Gasteiger partial charge in [-0.3, -0.25) is 0 Å². The van der Waals surface area contributed by atoms with Gasteiger partial charge in [-0.1, -0.05) is 13.8 Å². The fraction of sp³-hybridized carbons (Fsp3) is 0.818. The Morgan fingerprint density at radius 1 is 1.19 bits per heavy atom. The van der Waals surface area contributed by atoms with E-state index in [-0.39, 0.29) is 0 Å². The van der Waals surface area contributed by atoms with Crippen molar-refractivity contribution in [1.82, 2.24) is 20.1 Å². The Bertz CT molecular complexity index is 336. The molecular weight excluding hydrogens is 202 g/mol. The number of nitrogens with one attached hydrogen (secondary N) is 1. The van der Waals surface area contributed by atoms with Crippen molar-refractivity contribution in [3.63, 3.8) is 0 Å². The standard InChI is InChI=1S/C11H21N5/c1-9(2)10-13-14-11(15(10)3)16-7-4-5-12-6-8-16/h9,12H,4-8H2,1-3H3. The molecular formula is C11H21N5. The van der Waals surface area contributed by atoms with Gasteiger partial charge in [0.05, 0.1) is 0 Å². The van der Waals surface area contributed by atoms with Crippen LogP contribution in [-0.2, 0) is 7.05 Å². The summed E-state index contributed by atoms with van der Waals surface area (Å²) in [7, 11) is 2.06. The molecule has 0 atom stereocenters. The van der Waals surface area contributed by atoms with Crippen LogP contribution >= 0.6 is 0 Å². The Kier molecular flexibility index (Phi) is 3.43. The Hall–Kier alpha value is -1.10. The second-order valence-corrected chi connectivity index (χ2v) is 4.66. The second kappa shape index (κ2) is 4.82. The molecule has 0 bridgehead atoms. The number of rotatable bonds is 2. The summed E-state index contributed by atoms with van der Waals surface area (Å²) >= 11 is 0. The number of hydrogen-bond donors (Lipinski definition) is 1. The Labute approximate surface area is 96.8 Å². The molecule has 1 aliphatic rings. The average molecular weight is 223 g/mol. The summed E-state index contributed by atoms with van der Waals surface area (Å²) in [6.45, 7) is 8.52. The third kappa shape index (κ3) is 2.19. The monoisotopic (exact) mass is 223 g/mol. The zero-order valence-electron chi connectivity index (χ0n) is 10.4. The molecule has 1 saturated heterocycles. The molecule has 1 fully saturated rings. The number of nitrogens with zero attached hydrogens (tertiary/aromatic N) is 4. The molecule has 1 aliphatic heterocycles. The third-order valence-electron chi connectivity index (χ3n) is 3.02. The highest BCUT2D eigenvalue weighted by Crippen LogP contribution is 2.17. The van der Waals surface area contributed by atoms with Crippen molar-refractivity contribution < 1.29 is 0 Å². The van der Waals surface area contributed by atoms with Gasteiger partial charge < -0.3 is 14.8 Å². The molecule has 0 unspecified atom stereocenters. The highest BCUT2D eigenvalue weighted by atomic mass is 15.4. The zero-order chi connectivity index (χ0) is 11.5. The molecule has 0 spiro atoms. The van der Waals surface area contributed by atoms with Crippen LogP contribution in [0.5, 0.6) is 0 Å². The smallest absolute Gasteiger partial charge is 0.227 e. The fourth-order valence-electron chi connectivity index (χ4n) is 2.16. The van der Waals surface area contributed by atoms with Gasteiger partial charge in [0.25, 0.3) is 0 Å². The van der Waals surface area contributed by atoms with E-state index >= 15 is 0 Å². The molecule has 16 heavy (non-hydrogen) atoms. The van der Waals surface area contributed by atoms with Crippen molar-refractivity contribution in [1.29, 1.82) is 0 Å². The van der Waals surface area contributed by atoms with Crippen molar-refractivity contribution >= 4 is 5.95 Å². The largest absolute Gasteiger partial charge is 0.340 e. The molecule has 5 nitrogen and oxygen atoms in total. The molecule has 5 heteroatoms. The fourth-order valence-corrected chi connectivity index (χ4v) is 2.16. The molecule has 2 heterocycles. The molecule has 1 aromatic rings. The number of hydrogen-bond acceptors (Lipinski definition) is 4. The SMILES string of the molecule is CC(C)c1nnc(N2CCCNCC2)n1C. The topological polar surface area (TPSA) is 46.0 Å².